The second-order valence-corrected chi connectivity index (χ2v) is 0.250. The van der Waals surface area contributed by atoms with Crippen LogP contribution in [-0.4, -0.2) is 66.9 Å². The van der Waals surface area contributed by atoms with Gasteiger partial charge in [-0.3, -0.25) is 0 Å². The van der Waals surface area contributed by atoms with Crippen LogP contribution in [-0.2, 0) is 5.48 Å². The quantitative estimate of drug-likeness (QED) is 0.375. The SMILES string of the molecule is O=C([O-])[O-].[Ca+2].[Cl-].[K+].[Mg+2].[O-2]. The second-order valence-electron chi connectivity index (χ2n) is 0.250. The van der Waals surface area contributed by atoms with Gasteiger partial charge in [0, 0.05) is 0 Å². The summed E-state index contributed by atoms with van der Waals surface area (Å²) in [7, 11) is 0. The predicted octanol–water partition coefficient (Wildman–Crippen LogP) is -9.32. The fourth-order valence-corrected chi connectivity index (χ4v) is 0. The smallest absolute Gasteiger partial charge is 2.00 e. The van der Waals surface area contributed by atoms with Gasteiger partial charge < -0.3 is 32.9 Å². The minimum atomic E-state index is -2.33. The Hall–Kier alpha value is 3.18. The van der Waals surface area contributed by atoms with Gasteiger partial charge in [-0.25, -0.2) is 0 Å². The molecule has 0 atom stereocenters. The molecule has 0 radical (unpaired) electrons. The van der Waals surface area contributed by atoms with E-state index in [-0.39, 0.29) is 130 Å². The summed E-state index contributed by atoms with van der Waals surface area (Å²) in [6.45, 7) is 0. The monoisotopic (exact) mass is 214 g/mol. The van der Waals surface area contributed by atoms with Crippen molar-refractivity contribution in [3.05, 3.63) is 0 Å². The first kappa shape index (κ1) is 39.9. The second kappa shape index (κ2) is 30.3. The zero-order valence-corrected chi connectivity index (χ0v) is 12.4. The standard InChI is InChI=1S/CH2O3.Ca.ClH.K.Mg.O/c2-1(3)4;;;;;/h(H2,2,3,4);;1H;;;/q;+2;;+1;+2;-2/p-3. The van der Waals surface area contributed by atoms with E-state index in [4.69, 9.17) is 15.0 Å². The van der Waals surface area contributed by atoms with Crippen molar-refractivity contribution in [2.24, 2.45) is 0 Å². The van der Waals surface area contributed by atoms with Gasteiger partial charge in [0.05, 0.1) is 0 Å². The molecule has 0 spiro atoms. The Morgan fingerprint density at radius 1 is 1.22 bits per heavy atom. The van der Waals surface area contributed by atoms with Crippen LogP contribution in [0.15, 0.2) is 0 Å². The fraction of sp³-hybridized carbons (Fsp3) is 0. The summed E-state index contributed by atoms with van der Waals surface area (Å²) >= 11 is 0. The third-order valence-electron chi connectivity index (χ3n) is 0. The van der Waals surface area contributed by atoms with Gasteiger partial charge in [0.2, 0.25) is 0 Å². The average molecular weight is 215 g/mol. The molecule has 0 aliphatic carbocycles. The van der Waals surface area contributed by atoms with Crippen LogP contribution in [0, 0.1) is 0 Å². The van der Waals surface area contributed by atoms with Crippen LogP contribution in [0.5, 0.6) is 0 Å². The molecule has 0 aromatic rings. The molecule has 0 amide bonds. The van der Waals surface area contributed by atoms with E-state index in [1.807, 2.05) is 0 Å². The van der Waals surface area contributed by atoms with E-state index >= 15 is 0 Å². The Morgan fingerprint density at radius 2 is 1.22 bits per heavy atom. The average Bonchev–Trinajstić information content (AvgIpc) is 0.811. The van der Waals surface area contributed by atoms with Crippen LogP contribution >= 0.6 is 0 Å². The number of hydrogen-bond donors (Lipinski definition) is 0. The molecule has 8 heteroatoms. The van der Waals surface area contributed by atoms with Gasteiger partial charge >= 0.3 is 112 Å². The first-order valence-corrected chi connectivity index (χ1v) is 0.612. The molecule has 0 aromatic heterocycles. The molecule has 4 nitrogen and oxygen atoms in total. The zero-order valence-electron chi connectivity index (χ0n) is 4.93. The van der Waals surface area contributed by atoms with Crippen LogP contribution in [0.25, 0.3) is 0 Å². The Labute approximate surface area is 147 Å². The molecule has 9 heavy (non-hydrogen) atoms. The number of carboxylic acid groups (broad SMARTS) is 2. The number of carbonyl (C=O) groups excluding carboxylic acids is 1. The first-order chi connectivity index (χ1) is 1.73. The van der Waals surface area contributed by atoms with E-state index in [9.17, 15) is 0 Å². The molecule has 0 heterocycles. The molecule has 0 aliphatic heterocycles. The van der Waals surface area contributed by atoms with Gasteiger partial charge in [0.25, 0.3) is 0 Å². The van der Waals surface area contributed by atoms with Crippen LogP contribution in [0.2, 0.25) is 0 Å². The molecule has 0 rings (SSSR count). The summed E-state index contributed by atoms with van der Waals surface area (Å²) in [6, 6.07) is 0. The molecule has 0 aliphatic rings. The molecule has 0 aromatic carbocycles. The summed E-state index contributed by atoms with van der Waals surface area (Å²) in [4.78, 5) is 8.33. The van der Waals surface area contributed by atoms with Gasteiger partial charge in [-0.05, 0) is 6.16 Å². The van der Waals surface area contributed by atoms with Crippen LogP contribution in [0.1, 0.15) is 0 Å². The van der Waals surface area contributed by atoms with Crippen molar-refractivity contribution < 1.29 is 84.3 Å². The van der Waals surface area contributed by atoms with Crippen molar-refractivity contribution in [1.82, 2.24) is 0 Å². The third-order valence-corrected chi connectivity index (χ3v) is 0. The van der Waals surface area contributed by atoms with Crippen LogP contribution < -0.4 is 74.0 Å². The number of rotatable bonds is 0. The van der Waals surface area contributed by atoms with Gasteiger partial charge in [-0.1, -0.05) is 0 Å². The van der Waals surface area contributed by atoms with E-state index in [1.54, 1.807) is 0 Å². The number of halogens is 1. The van der Waals surface area contributed by atoms with Crippen molar-refractivity contribution in [3.63, 3.8) is 0 Å². The van der Waals surface area contributed by atoms with Crippen molar-refractivity contribution in [3.8, 4) is 0 Å². The molecular formula is CCaClKMgO4. The molecule has 0 bridgehead atoms. The van der Waals surface area contributed by atoms with Crippen LogP contribution in [0.4, 0.5) is 4.79 Å². The number of hydrogen-bond acceptors (Lipinski definition) is 3. The van der Waals surface area contributed by atoms with Crippen molar-refractivity contribution in [2.75, 3.05) is 0 Å². The van der Waals surface area contributed by atoms with Crippen molar-refractivity contribution >= 4 is 66.9 Å². The predicted molar refractivity (Wildman–Crippen MR) is 17.6 cm³/mol. The first-order valence-electron chi connectivity index (χ1n) is 0.612. The molecular weight excluding hydrogens is 215 g/mol. The van der Waals surface area contributed by atoms with Gasteiger partial charge in [0.1, 0.15) is 0 Å². The van der Waals surface area contributed by atoms with E-state index in [0.29, 0.717) is 0 Å². The molecule has 0 saturated heterocycles. The molecule has 0 saturated carbocycles. The number of carbonyl (C=O) groups is 1. The maximum atomic E-state index is 8.33. The van der Waals surface area contributed by atoms with Gasteiger partial charge in [-0.15, -0.1) is 0 Å². The summed E-state index contributed by atoms with van der Waals surface area (Å²) < 4.78 is 0. The van der Waals surface area contributed by atoms with Gasteiger partial charge in [-0.2, -0.15) is 0 Å². The summed E-state index contributed by atoms with van der Waals surface area (Å²) in [5, 5.41) is 16.7. The minimum Gasteiger partial charge on any atom is -2.00 e. The maximum absolute atomic E-state index is 8.33. The minimum absolute atomic E-state index is 0. The van der Waals surface area contributed by atoms with E-state index < -0.39 is 6.16 Å². The molecule has 0 unspecified atom stereocenters. The normalized spacial score (nSPS) is 2.67. The zero-order chi connectivity index (χ0) is 3.58. The topological polar surface area (TPSA) is 91.7 Å². The summed E-state index contributed by atoms with van der Waals surface area (Å²) in [5.41, 5.74) is 0. The molecule has 40 valence electrons. The van der Waals surface area contributed by atoms with Gasteiger partial charge in [0.15, 0.2) is 0 Å². The summed E-state index contributed by atoms with van der Waals surface area (Å²) in [5.74, 6) is 0. The third kappa shape index (κ3) is 93.1. The summed E-state index contributed by atoms with van der Waals surface area (Å²) in [6.07, 6.45) is -2.33. The maximum Gasteiger partial charge on any atom is 2.00 e. The van der Waals surface area contributed by atoms with E-state index in [1.165, 1.54) is 0 Å². The van der Waals surface area contributed by atoms with E-state index in [2.05, 4.69) is 0 Å². The Bertz CT molecular complexity index is 43.5. The molecule has 0 N–H and O–H groups in total. The van der Waals surface area contributed by atoms with Crippen LogP contribution in [0.3, 0.4) is 0 Å². The fourth-order valence-electron chi connectivity index (χ4n) is 0. The Morgan fingerprint density at radius 3 is 1.22 bits per heavy atom. The van der Waals surface area contributed by atoms with Crippen molar-refractivity contribution in [2.45, 2.75) is 0 Å². The van der Waals surface area contributed by atoms with E-state index in [0.717, 1.165) is 0 Å². The molecule has 0 fully saturated rings. The van der Waals surface area contributed by atoms with Crippen molar-refractivity contribution in [1.29, 1.82) is 0 Å². The largest absolute Gasteiger partial charge is 2.00 e. The Kier molecular flexibility index (Phi) is 134. The Balaban J connectivity index is -0.00000000450.